The Hall–Kier alpha value is -2.22. The third-order valence-corrected chi connectivity index (χ3v) is 5.27. The van der Waals surface area contributed by atoms with E-state index in [1.54, 1.807) is 18.3 Å². The average molecular weight is 423 g/mol. The van der Waals surface area contributed by atoms with Crippen LogP contribution < -0.4 is 10.6 Å². The molecule has 2 rings (SSSR count). The summed E-state index contributed by atoms with van der Waals surface area (Å²) in [6, 6.07) is 4.12. The Kier molecular flexibility index (Phi) is 9.49. The van der Waals surface area contributed by atoms with Crippen molar-refractivity contribution in [3.63, 3.8) is 0 Å². The van der Waals surface area contributed by atoms with Crippen LogP contribution in [0.3, 0.4) is 0 Å². The smallest absolute Gasteiger partial charge is 0.409 e. The standard InChI is InChI=1S/C22H38N4O4/c1-6-29-21(27)26-13-10-17(11-14-26)25-20(23-12-9-18-8-7-15-30-18)24-16-19(28-5)22(2,3)4/h7-8,15,17,19H,6,9-14,16H2,1-5H3,(H2,23,24,25). The van der Waals surface area contributed by atoms with E-state index in [-0.39, 0.29) is 23.7 Å². The van der Waals surface area contributed by atoms with Crippen LogP contribution >= 0.6 is 0 Å². The van der Waals surface area contributed by atoms with Gasteiger partial charge in [-0.2, -0.15) is 0 Å². The summed E-state index contributed by atoms with van der Waals surface area (Å²) in [4.78, 5) is 18.5. The lowest BCUT2D eigenvalue weighted by Gasteiger charge is -2.33. The monoisotopic (exact) mass is 422 g/mol. The fraction of sp³-hybridized carbons (Fsp3) is 0.727. The normalized spacial score (nSPS) is 17.0. The summed E-state index contributed by atoms with van der Waals surface area (Å²) >= 11 is 0. The summed E-state index contributed by atoms with van der Waals surface area (Å²) in [6.45, 7) is 11.3. The van der Waals surface area contributed by atoms with Crippen molar-refractivity contribution in [2.75, 3.05) is 39.9 Å². The molecule has 0 radical (unpaired) electrons. The minimum absolute atomic E-state index is 0.00249. The Labute approximate surface area is 180 Å². The maximum Gasteiger partial charge on any atom is 0.409 e. The zero-order valence-corrected chi connectivity index (χ0v) is 19.1. The van der Waals surface area contributed by atoms with E-state index in [9.17, 15) is 4.79 Å². The summed E-state index contributed by atoms with van der Waals surface area (Å²) in [5, 5.41) is 6.94. The third kappa shape index (κ3) is 7.89. The number of carbonyl (C=O) groups excluding carboxylic acids is 1. The Morgan fingerprint density at radius 3 is 2.67 bits per heavy atom. The number of ether oxygens (including phenoxy) is 2. The first-order chi connectivity index (χ1) is 14.3. The van der Waals surface area contributed by atoms with E-state index in [2.05, 4.69) is 31.4 Å². The van der Waals surface area contributed by atoms with E-state index in [1.807, 2.05) is 19.1 Å². The molecular weight excluding hydrogens is 384 g/mol. The quantitative estimate of drug-likeness (QED) is 0.495. The molecule has 2 heterocycles. The van der Waals surface area contributed by atoms with Crippen LogP contribution in [0.25, 0.3) is 0 Å². The molecule has 1 atom stereocenters. The van der Waals surface area contributed by atoms with Crippen LogP contribution in [0.15, 0.2) is 27.8 Å². The molecule has 1 aliphatic rings. The SMILES string of the molecule is CCOC(=O)N1CCC(NC(=NCC(OC)C(C)(C)C)NCCc2ccco2)CC1. The van der Waals surface area contributed by atoms with Gasteiger partial charge in [0.15, 0.2) is 5.96 Å². The molecule has 0 saturated carbocycles. The molecule has 0 bridgehead atoms. The van der Waals surface area contributed by atoms with Gasteiger partial charge in [-0.05, 0) is 37.3 Å². The van der Waals surface area contributed by atoms with Crippen LogP contribution in [-0.4, -0.2) is 69.0 Å². The maximum absolute atomic E-state index is 11.9. The number of rotatable bonds is 8. The Balaban J connectivity index is 1.93. The van der Waals surface area contributed by atoms with Crippen molar-refractivity contribution in [2.24, 2.45) is 10.4 Å². The highest BCUT2D eigenvalue weighted by molar-refractivity contribution is 5.80. The molecule has 1 aromatic rings. The van der Waals surface area contributed by atoms with Crippen molar-refractivity contribution in [3.05, 3.63) is 24.2 Å². The highest BCUT2D eigenvalue weighted by Gasteiger charge is 2.26. The summed E-state index contributed by atoms with van der Waals surface area (Å²) in [6.07, 6.45) is 3.96. The van der Waals surface area contributed by atoms with Crippen LogP contribution in [0.1, 0.15) is 46.3 Å². The van der Waals surface area contributed by atoms with Gasteiger partial charge in [-0.25, -0.2) is 4.79 Å². The number of likely N-dealkylation sites (tertiary alicyclic amines) is 1. The number of hydrogen-bond donors (Lipinski definition) is 2. The lowest BCUT2D eigenvalue weighted by atomic mass is 9.89. The first kappa shape index (κ1) is 24.1. The number of guanidine groups is 1. The first-order valence-corrected chi connectivity index (χ1v) is 10.8. The van der Waals surface area contributed by atoms with Crippen molar-refractivity contribution in [3.8, 4) is 0 Å². The molecule has 8 heteroatoms. The molecule has 1 aliphatic heterocycles. The van der Waals surface area contributed by atoms with Gasteiger partial charge in [0.1, 0.15) is 5.76 Å². The lowest BCUT2D eigenvalue weighted by molar-refractivity contribution is 0.0241. The minimum atomic E-state index is -0.227. The van der Waals surface area contributed by atoms with Crippen molar-refractivity contribution in [1.82, 2.24) is 15.5 Å². The van der Waals surface area contributed by atoms with Crippen LogP contribution in [0.2, 0.25) is 0 Å². The number of furan rings is 1. The van der Waals surface area contributed by atoms with Gasteiger partial charge < -0.3 is 29.4 Å². The maximum atomic E-state index is 11.9. The second kappa shape index (κ2) is 11.8. The van der Waals surface area contributed by atoms with E-state index in [1.165, 1.54) is 0 Å². The predicted octanol–water partition coefficient (Wildman–Crippen LogP) is 3.04. The van der Waals surface area contributed by atoms with E-state index in [0.29, 0.717) is 32.8 Å². The molecule has 1 fully saturated rings. The Morgan fingerprint density at radius 2 is 2.10 bits per heavy atom. The Bertz CT molecular complexity index is 647. The molecule has 0 spiro atoms. The van der Waals surface area contributed by atoms with E-state index in [0.717, 1.165) is 31.0 Å². The van der Waals surface area contributed by atoms with Gasteiger partial charge in [-0.3, -0.25) is 4.99 Å². The number of amides is 1. The topological polar surface area (TPSA) is 88.3 Å². The second-order valence-electron chi connectivity index (χ2n) is 8.64. The van der Waals surface area contributed by atoms with Gasteiger partial charge >= 0.3 is 6.09 Å². The number of piperidine rings is 1. The van der Waals surface area contributed by atoms with Crippen LogP contribution in [-0.2, 0) is 15.9 Å². The highest BCUT2D eigenvalue weighted by atomic mass is 16.6. The van der Waals surface area contributed by atoms with Crippen molar-refractivity contribution < 1.29 is 18.7 Å². The molecular formula is C22H38N4O4. The number of hydrogen-bond acceptors (Lipinski definition) is 5. The number of carbonyl (C=O) groups is 1. The van der Waals surface area contributed by atoms with Gasteiger partial charge in [0.2, 0.25) is 0 Å². The fourth-order valence-electron chi connectivity index (χ4n) is 3.40. The summed E-state index contributed by atoms with van der Waals surface area (Å²) in [5.74, 6) is 1.71. The summed E-state index contributed by atoms with van der Waals surface area (Å²) in [5.41, 5.74) is 0.00249. The zero-order valence-electron chi connectivity index (χ0n) is 19.1. The molecule has 0 aliphatic carbocycles. The summed E-state index contributed by atoms with van der Waals surface area (Å²) < 4.78 is 16.2. The number of aliphatic imine (C=N–C) groups is 1. The molecule has 30 heavy (non-hydrogen) atoms. The van der Waals surface area contributed by atoms with Gasteiger partial charge in [0.25, 0.3) is 0 Å². The Morgan fingerprint density at radius 1 is 1.37 bits per heavy atom. The van der Waals surface area contributed by atoms with Crippen LogP contribution in [0.5, 0.6) is 0 Å². The van der Waals surface area contributed by atoms with E-state index >= 15 is 0 Å². The molecule has 8 nitrogen and oxygen atoms in total. The molecule has 2 N–H and O–H groups in total. The van der Waals surface area contributed by atoms with Crippen molar-refractivity contribution >= 4 is 12.1 Å². The predicted molar refractivity (Wildman–Crippen MR) is 118 cm³/mol. The van der Waals surface area contributed by atoms with Gasteiger partial charge in [0, 0.05) is 39.2 Å². The fourth-order valence-corrected chi connectivity index (χ4v) is 3.40. The first-order valence-electron chi connectivity index (χ1n) is 10.8. The molecule has 1 saturated heterocycles. The van der Waals surface area contributed by atoms with Gasteiger partial charge in [0.05, 0.1) is 25.5 Å². The van der Waals surface area contributed by atoms with Crippen LogP contribution in [0.4, 0.5) is 4.79 Å². The van der Waals surface area contributed by atoms with Gasteiger partial charge in [-0.15, -0.1) is 0 Å². The number of nitrogens with zero attached hydrogens (tertiary/aromatic N) is 2. The van der Waals surface area contributed by atoms with Crippen molar-refractivity contribution in [1.29, 1.82) is 0 Å². The molecule has 170 valence electrons. The van der Waals surface area contributed by atoms with E-state index in [4.69, 9.17) is 18.9 Å². The molecule has 0 aromatic carbocycles. The number of methoxy groups -OCH3 is 1. The second-order valence-corrected chi connectivity index (χ2v) is 8.64. The van der Waals surface area contributed by atoms with Crippen molar-refractivity contribution in [2.45, 2.75) is 59.1 Å². The molecule has 1 aromatic heterocycles. The average Bonchev–Trinajstić information content (AvgIpc) is 3.21. The molecule has 1 amide bonds. The summed E-state index contributed by atoms with van der Waals surface area (Å²) in [7, 11) is 1.73. The lowest BCUT2D eigenvalue weighted by Crippen LogP contribution is -2.50. The van der Waals surface area contributed by atoms with Crippen LogP contribution in [0, 0.1) is 5.41 Å². The zero-order chi connectivity index (χ0) is 22.0. The van der Waals surface area contributed by atoms with E-state index < -0.39 is 0 Å². The minimum Gasteiger partial charge on any atom is -0.469 e. The number of nitrogens with one attached hydrogen (secondary N) is 2. The molecule has 1 unspecified atom stereocenters. The highest BCUT2D eigenvalue weighted by Crippen LogP contribution is 2.22. The largest absolute Gasteiger partial charge is 0.469 e. The van der Waals surface area contributed by atoms with Gasteiger partial charge in [-0.1, -0.05) is 20.8 Å². The third-order valence-electron chi connectivity index (χ3n) is 5.27.